The molecular formula is C14H17N5OS. The quantitative estimate of drug-likeness (QED) is 0.830. The van der Waals surface area contributed by atoms with Crippen molar-refractivity contribution in [1.29, 1.82) is 0 Å². The third kappa shape index (κ3) is 2.64. The number of para-hydroxylation sites is 1. The average molecular weight is 303 g/mol. The normalized spacial score (nSPS) is 15.2. The Kier molecular flexibility index (Phi) is 3.66. The molecule has 1 amide bonds. The number of hydrogen-bond donors (Lipinski definition) is 2. The van der Waals surface area contributed by atoms with Crippen molar-refractivity contribution in [2.24, 2.45) is 5.73 Å². The molecule has 7 heteroatoms. The number of piperazine rings is 1. The summed E-state index contributed by atoms with van der Waals surface area (Å²) in [5.41, 5.74) is 13.2. The Morgan fingerprint density at radius 3 is 2.52 bits per heavy atom. The zero-order valence-electron chi connectivity index (χ0n) is 11.5. The number of primary amides is 1. The first-order valence-electron chi connectivity index (χ1n) is 6.74. The van der Waals surface area contributed by atoms with Gasteiger partial charge in [0.25, 0.3) is 5.91 Å². The van der Waals surface area contributed by atoms with E-state index in [1.165, 1.54) is 0 Å². The van der Waals surface area contributed by atoms with Crippen molar-refractivity contribution in [3.05, 3.63) is 35.3 Å². The van der Waals surface area contributed by atoms with Crippen molar-refractivity contribution in [3.8, 4) is 0 Å². The summed E-state index contributed by atoms with van der Waals surface area (Å²) >= 11 is 1.65. The molecule has 1 saturated heterocycles. The molecule has 0 unspecified atom stereocenters. The highest BCUT2D eigenvalue weighted by atomic mass is 32.1. The van der Waals surface area contributed by atoms with Crippen LogP contribution < -0.4 is 21.3 Å². The molecule has 1 aliphatic heterocycles. The van der Waals surface area contributed by atoms with Crippen molar-refractivity contribution in [3.63, 3.8) is 0 Å². The number of hydrogen-bond acceptors (Lipinski definition) is 6. The van der Waals surface area contributed by atoms with Crippen LogP contribution in [0.3, 0.4) is 0 Å². The van der Waals surface area contributed by atoms with E-state index in [1.54, 1.807) is 17.4 Å². The van der Waals surface area contributed by atoms with E-state index in [0.717, 1.165) is 37.0 Å². The van der Waals surface area contributed by atoms with Crippen LogP contribution in [0.25, 0.3) is 0 Å². The lowest BCUT2D eigenvalue weighted by atomic mass is 10.1. The lowest BCUT2D eigenvalue weighted by molar-refractivity contribution is 0.100. The maximum atomic E-state index is 11.4. The Bertz CT molecular complexity index is 635. The topological polar surface area (TPSA) is 88.5 Å². The number of nitrogens with two attached hydrogens (primary N) is 2. The Balaban J connectivity index is 1.75. The molecule has 1 aromatic heterocycles. The highest BCUT2D eigenvalue weighted by Crippen LogP contribution is 2.28. The first-order valence-corrected chi connectivity index (χ1v) is 7.62. The standard InChI is InChI=1S/C14H17N5OS/c15-12-10(13(16)20)2-1-3-11(12)18-5-7-19(8-6-18)14-17-4-9-21-14/h1-4,9H,5-8,15H2,(H2,16,20). The van der Waals surface area contributed by atoms with Gasteiger partial charge in [0.05, 0.1) is 16.9 Å². The molecule has 1 aromatic carbocycles. The van der Waals surface area contributed by atoms with Crippen molar-refractivity contribution in [1.82, 2.24) is 4.98 Å². The molecule has 1 aliphatic rings. The zero-order chi connectivity index (χ0) is 14.8. The summed E-state index contributed by atoms with van der Waals surface area (Å²) < 4.78 is 0. The molecule has 0 spiro atoms. The summed E-state index contributed by atoms with van der Waals surface area (Å²) in [4.78, 5) is 20.2. The third-order valence-corrected chi connectivity index (χ3v) is 4.49. The minimum atomic E-state index is -0.490. The van der Waals surface area contributed by atoms with Gasteiger partial charge >= 0.3 is 0 Å². The molecule has 0 saturated carbocycles. The molecule has 0 bridgehead atoms. The van der Waals surface area contributed by atoms with Crippen molar-refractivity contribution >= 4 is 33.8 Å². The van der Waals surface area contributed by atoms with Crippen LogP contribution in [0.4, 0.5) is 16.5 Å². The van der Waals surface area contributed by atoms with E-state index in [4.69, 9.17) is 11.5 Å². The molecule has 1 fully saturated rings. The van der Waals surface area contributed by atoms with Gasteiger partial charge in [-0.15, -0.1) is 11.3 Å². The lowest BCUT2D eigenvalue weighted by Crippen LogP contribution is -2.46. The Morgan fingerprint density at radius 2 is 1.90 bits per heavy atom. The average Bonchev–Trinajstić information content (AvgIpc) is 3.02. The monoisotopic (exact) mass is 303 g/mol. The van der Waals surface area contributed by atoms with Gasteiger partial charge in [0.2, 0.25) is 0 Å². The number of amides is 1. The van der Waals surface area contributed by atoms with Gasteiger partial charge in [-0.25, -0.2) is 4.98 Å². The number of aromatic nitrogens is 1. The van der Waals surface area contributed by atoms with E-state index in [-0.39, 0.29) is 0 Å². The maximum absolute atomic E-state index is 11.4. The van der Waals surface area contributed by atoms with E-state index in [9.17, 15) is 4.79 Å². The van der Waals surface area contributed by atoms with Crippen LogP contribution in [0.15, 0.2) is 29.8 Å². The van der Waals surface area contributed by atoms with Gasteiger partial charge in [-0.05, 0) is 12.1 Å². The largest absolute Gasteiger partial charge is 0.396 e. The van der Waals surface area contributed by atoms with E-state index in [0.29, 0.717) is 11.3 Å². The van der Waals surface area contributed by atoms with Gasteiger partial charge in [-0.1, -0.05) is 6.07 Å². The predicted molar refractivity (Wildman–Crippen MR) is 85.9 cm³/mol. The number of thiazole rings is 1. The van der Waals surface area contributed by atoms with Crippen molar-refractivity contribution < 1.29 is 4.79 Å². The SMILES string of the molecule is NC(=O)c1cccc(N2CCN(c3nccs3)CC2)c1N. The molecule has 110 valence electrons. The molecule has 0 atom stereocenters. The molecule has 3 rings (SSSR count). The fraction of sp³-hybridized carbons (Fsp3) is 0.286. The molecule has 0 aliphatic carbocycles. The first-order chi connectivity index (χ1) is 10.2. The van der Waals surface area contributed by atoms with Crippen LogP contribution in [0, 0.1) is 0 Å². The summed E-state index contributed by atoms with van der Waals surface area (Å²) in [7, 11) is 0. The lowest BCUT2D eigenvalue weighted by Gasteiger charge is -2.36. The Labute approximate surface area is 127 Å². The number of nitrogen functional groups attached to an aromatic ring is 1. The highest BCUT2D eigenvalue weighted by Gasteiger charge is 2.21. The first kappa shape index (κ1) is 13.7. The van der Waals surface area contributed by atoms with E-state index >= 15 is 0 Å². The zero-order valence-corrected chi connectivity index (χ0v) is 12.3. The number of nitrogens with zero attached hydrogens (tertiary/aromatic N) is 3. The molecule has 0 radical (unpaired) electrons. The van der Waals surface area contributed by atoms with Crippen LogP contribution in [0.1, 0.15) is 10.4 Å². The maximum Gasteiger partial charge on any atom is 0.250 e. The van der Waals surface area contributed by atoms with Crippen molar-refractivity contribution in [2.75, 3.05) is 41.7 Å². The van der Waals surface area contributed by atoms with Crippen molar-refractivity contribution in [2.45, 2.75) is 0 Å². The van der Waals surface area contributed by atoms with E-state index < -0.39 is 5.91 Å². The number of rotatable bonds is 3. The second-order valence-electron chi connectivity index (χ2n) is 4.89. The second kappa shape index (κ2) is 5.61. The van der Waals surface area contributed by atoms with Gasteiger partial charge in [-0.2, -0.15) is 0 Å². The Hall–Kier alpha value is -2.28. The van der Waals surface area contributed by atoms with Crippen LogP contribution in [-0.2, 0) is 0 Å². The second-order valence-corrected chi connectivity index (χ2v) is 5.76. The minimum Gasteiger partial charge on any atom is -0.396 e. The molecule has 4 N–H and O–H groups in total. The number of anilines is 3. The molecule has 2 heterocycles. The van der Waals surface area contributed by atoms with Gasteiger partial charge in [0, 0.05) is 37.8 Å². The summed E-state index contributed by atoms with van der Waals surface area (Å²) in [5, 5.41) is 3.03. The third-order valence-electron chi connectivity index (χ3n) is 3.66. The van der Waals surface area contributed by atoms with Gasteiger partial charge in [0.1, 0.15) is 0 Å². The van der Waals surface area contributed by atoms with Gasteiger partial charge < -0.3 is 21.3 Å². The van der Waals surface area contributed by atoms with Crippen LogP contribution in [-0.4, -0.2) is 37.1 Å². The number of benzene rings is 1. The fourth-order valence-electron chi connectivity index (χ4n) is 2.55. The molecular weight excluding hydrogens is 286 g/mol. The van der Waals surface area contributed by atoms with E-state index in [2.05, 4.69) is 14.8 Å². The summed E-state index contributed by atoms with van der Waals surface area (Å²) in [6.07, 6.45) is 1.82. The minimum absolute atomic E-state index is 0.384. The number of carbonyl (C=O) groups excluding carboxylic acids is 1. The van der Waals surface area contributed by atoms with E-state index in [1.807, 2.05) is 23.7 Å². The molecule has 2 aromatic rings. The van der Waals surface area contributed by atoms with Crippen LogP contribution in [0.5, 0.6) is 0 Å². The fourth-order valence-corrected chi connectivity index (χ4v) is 3.25. The summed E-state index contributed by atoms with van der Waals surface area (Å²) in [6, 6.07) is 5.41. The highest BCUT2D eigenvalue weighted by molar-refractivity contribution is 7.13. The summed E-state index contributed by atoms with van der Waals surface area (Å²) in [5.74, 6) is -0.490. The van der Waals surface area contributed by atoms with Gasteiger partial charge in [0.15, 0.2) is 5.13 Å². The van der Waals surface area contributed by atoms with Gasteiger partial charge in [-0.3, -0.25) is 4.79 Å². The predicted octanol–water partition coefficient (Wildman–Crippen LogP) is 1.15. The summed E-state index contributed by atoms with van der Waals surface area (Å²) in [6.45, 7) is 3.44. The van der Waals surface area contributed by atoms with Crippen LogP contribution in [0.2, 0.25) is 0 Å². The smallest absolute Gasteiger partial charge is 0.250 e. The number of carbonyl (C=O) groups is 1. The Morgan fingerprint density at radius 1 is 1.19 bits per heavy atom. The molecule has 6 nitrogen and oxygen atoms in total. The molecule has 21 heavy (non-hydrogen) atoms. The van der Waals surface area contributed by atoms with Crippen LogP contribution >= 0.6 is 11.3 Å².